The van der Waals surface area contributed by atoms with Crippen LogP contribution in [0.15, 0.2) is 30.3 Å². The Morgan fingerprint density at radius 1 is 1.15 bits per heavy atom. The number of methoxy groups -OCH3 is 1. The second kappa shape index (κ2) is 9.33. The predicted octanol–water partition coefficient (Wildman–Crippen LogP) is 2.68. The number of esters is 1. The van der Waals surface area contributed by atoms with Gasteiger partial charge in [0.2, 0.25) is 5.91 Å². The smallest absolute Gasteiger partial charge is 0.418 e. The summed E-state index contributed by atoms with van der Waals surface area (Å²) in [6.45, 7) is 6.45. The predicted molar refractivity (Wildman–Crippen MR) is 95.1 cm³/mol. The van der Waals surface area contributed by atoms with Gasteiger partial charge in [-0.1, -0.05) is 37.3 Å². The van der Waals surface area contributed by atoms with Crippen molar-refractivity contribution in [2.24, 2.45) is 5.92 Å². The molecule has 0 aromatic heterocycles. The van der Waals surface area contributed by atoms with Gasteiger partial charge in [-0.2, -0.15) is 0 Å². The molecule has 7 nitrogen and oxygen atoms in total. The Morgan fingerprint density at radius 3 is 2.19 bits per heavy atom. The van der Waals surface area contributed by atoms with E-state index >= 15 is 0 Å². The highest BCUT2D eigenvalue weighted by atomic mass is 16.6. The molecule has 7 heteroatoms. The molecular weight excluding hydrogens is 338 g/mol. The first-order valence-electron chi connectivity index (χ1n) is 8.39. The third kappa shape index (κ3) is 6.15. The van der Waals surface area contributed by atoms with Gasteiger partial charge in [-0.15, -0.1) is 0 Å². The summed E-state index contributed by atoms with van der Waals surface area (Å²) in [6, 6.07) is 7.13. The van der Waals surface area contributed by atoms with Gasteiger partial charge in [0, 0.05) is 13.0 Å². The summed E-state index contributed by atoms with van der Waals surface area (Å²) in [5, 5.41) is 9.22. The van der Waals surface area contributed by atoms with Gasteiger partial charge in [0.1, 0.15) is 5.60 Å². The monoisotopic (exact) mass is 365 g/mol. The summed E-state index contributed by atoms with van der Waals surface area (Å²) in [7, 11) is 1.19. The third-order valence-corrected chi connectivity index (χ3v) is 3.49. The van der Waals surface area contributed by atoms with E-state index in [1.807, 2.05) is 0 Å². The number of amides is 2. The van der Waals surface area contributed by atoms with Crippen molar-refractivity contribution in [3.8, 4) is 0 Å². The molecule has 2 amide bonds. The van der Waals surface area contributed by atoms with Crippen molar-refractivity contribution in [1.29, 1.82) is 0 Å². The van der Waals surface area contributed by atoms with Gasteiger partial charge in [0.25, 0.3) is 0 Å². The molecule has 1 aromatic rings. The minimum absolute atomic E-state index is 0.115. The van der Waals surface area contributed by atoms with Gasteiger partial charge in [-0.3, -0.25) is 4.79 Å². The maximum atomic E-state index is 12.8. The lowest BCUT2D eigenvalue weighted by Crippen LogP contribution is -2.46. The fourth-order valence-electron chi connectivity index (χ4n) is 2.26. The molecule has 26 heavy (non-hydrogen) atoms. The normalized spacial score (nSPS) is 13.5. The van der Waals surface area contributed by atoms with Crippen LogP contribution in [0.1, 0.15) is 45.7 Å². The van der Waals surface area contributed by atoms with Crippen molar-refractivity contribution in [1.82, 2.24) is 4.90 Å². The molecule has 0 bridgehead atoms. The van der Waals surface area contributed by atoms with Crippen LogP contribution in [-0.2, 0) is 19.1 Å². The number of nitrogens with zero attached hydrogens (tertiary/aromatic N) is 1. The lowest BCUT2D eigenvalue weighted by atomic mass is 10.0. The first-order valence-corrected chi connectivity index (χ1v) is 8.39. The number of aliphatic hydroxyl groups is 1. The minimum atomic E-state index is -1.27. The van der Waals surface area contributed by atoms with E-state index in [9.17, 15) is 19.5 Å². The van der Waals surface area contributed by atoms with Crippen LogP contribution in [-0.4, -0.2) is 47.3 Å². The number of imide groups is 1. The molecule has 0 aliphatic heterocycles. The van der Waals surface area contributed by atoms with Crippen molar-refractivity contribution in [2.45, 2.75) is 45.8 Å². The summed E-state index contributed by atoms with van der Waals surface area (Å²) < 4.78 is 10.1. The second-order valence-electron chi connectivity index (χ2n) is 7.07. The van der Waals surface area contributed by atoms with E-state index in [2.05, 4.69) is 0 Å². The highest BCUT2D eigenvalue weighted by Crippen LogP contribution is 2.26. The van der Waals surface area contributed by atoms with Crippen LogP contribution in [0.4, 0.5) is 4.79 Å². The maximum absolute atomic E-state index is 12.8. The third-order valence-electron chi connectivity index (χ3n) is 3.49. The lowest BCUT2D eigenvalue weighted by Gasteiger charge is -2.31. The number of hydrogen-bond acceptors (Lipinski definition) is 6. The molecule has 0 heterocycles. The molecule has 0 aliphatic carbocycles. The average molecular weight is 365 g/mol. The van der Waals surface area contributed by atoms with Crippen LogP contribution < -0.4 is 0 Å². The summed E-state index contributed by atoms with van der Waals surface area (Å²) in [4.78, 5) is 38.7. The first-order chi connectivity index (χ1) is 12.1. The molecule has 0 radical (unpaired) electrons. The van der Waals surface area contributed by atoms with E-state index < -0.39 is 29.6 Å². The Kier molecular flexibility index (Phi) is 7.76. The zero-order valence-electron chi connectivity index (χ0n) is 15.9. The molecule has 2 atom stereocenters. The van der Waals surface area contributed by atoms with Crippen LogP contribution in [0, 0.1) is 5.92 Å². The number of aliphatic hydroxyl groups excluding tert-OH is 1. The summed E-state index contributed by atoms with van der Waals surface area (Å²) in [5.41, 5.74) is -0.426. The van der Waals surface area contributed by atoms with Crippen LogP contribution in [0.5, 0.6) is 0 Å². The average Bonchev–Trinajstić information content (AvgIpc) is 2.57. The highest BCUT2D eigenvalue weighted by Gasteiger charge is 2.39. The standard InChI is InChI=1S/C19H27NO6/c1-13(12-21)11-15(22)20(18(24)26-19(2,3)4)16(17(23)25-5)14-9-7-6-8-10-14/h6-10,13,16,21H,11-12H2,1-5H3. The van der Waals surface area contributed by atoms with Gasteiger partial charge in [0.15, 0.2) is 6.04 Å². The van der Waals surface area contributed by atoms with Gasteiger partial charge in [-0.25, -0.2) is 14.5 Å². The van der Waals surface area contributed by atoms with Crippen LogP contribution in [0.25, 0.3) is 0 Å². The molecule has 1 aromatic carbocycles. The van der Waals surface area contributed by atoms with E-state index in [0.29, 0.717) is 5.56 Å². The van der Waals surface area contributed by atoms with Crippen LogP contribution in [0.3, 0.4) is 0 Å². The van der Waals surface area contributed by atoms with E-state index in [0.717, 1.165) is 4.90 Å². The summed E-state index contributed by atoms with van der Waals surface area (Å²) >= 11 is 0. The molecule has 2 unspecified atom stereocenters. The fraction of sp³-hybridized carbons (Fsp3) is 0.526. The molecular formula is C19H27NO6. The summed E-state index contributed by atoms with van der Waals surface area (Å²) in [5.74, 6) is -1.76. The quantitative estimate of drug-likeness (QED) is 0.779. The number of carbonyl (C=O) groups is 3. The van der Waals surface area contributed by atoms with Gasteiger partial charge >= 0.3 is 12.1 Å². The highest BCUT2D eigenvalue weighted by molar-refractivity contribution is 5.97. The Labute approximate surface area is 153 Å². The van der Waals surface area contributed by atoms with Crippen molar-refractivity contribution in [3.63, 3.8) is 0 Å². The molecule has 0 saturated carbocycles. The van der Waals surface area contributed by atoms with Crippen molar-refractivity contribution in [3.05, 3.63) is 35.9 Å². The maximum Gasteiger partial charge on any atom is 0.418 e. The molecule has 1 rings (SSSR count). The molecule has 0 spiro atoms. The van der Waals surface area contributed by atoms with Gasteiger partial charge in [0.05, 0.1) is 7.11 Å². The first kappa shape index (κ1) is 21.6. The van der Waals surface area contributed by atoms with Crippen LogP contribution >= 0.6 is 0 Å². The minimum Gasteiger partial charge on any atom is -0.467 e. The fourth-order valence-corrected chi connectivity index (χ4v) is 2.26. The number of carbonyl (C=O) groups excluding carboxylic acids is 3. The Morgan fingerprint density at radius 2 is 1.73 bits per heavy atom. The number of hydrogen-bond donors (Lipinski definition) is 1. The van der Waals surface area contributed by atoms with Crippen molar-refractivity contribution in [2.75, 3.05) is 13.7 Å². The van der Waals surface area contributed by atoms with Gasteiger partial charge < -0.3 is 14.6 Å². The molecule has 0 aliphatic rings. The molecule has 0 fully saturated rings. The van der Waals surface area contributed by atoms with Crippen LogP contribution in [0.2, 0.25) is 0 Å². The van der Waals surface area contributed by atoms with Crippen molar-refractivity contribution >= 4 is 18.0 Å². The van der Waals surface area contributed by atoms with Crippen molar-refractivity contribution < 1.29 is 29.0 Å². The summed E-state index contributed by atoms with van der Waals surface area (Å²) in [6.07, 6.45) is -1.05. The largest absolute Gasteiger partial charge is 0.467 e. The Balaban J connectivity index is 3.35. The zero-order chi connectivity index (χ0) is 19.9. The molecule has 0 saturated heterocycles. The Bertz CT molecular complexity index is 623. The van der Waals surface area contributed by atoms with E-state index in [1.165, 1.54) is 7.11 Å². The SMILES string of the molecule is COC(=O)C(c1ccccc1)N(C(=O)CC(C)CO)C(=O)OC(C)(C)C. The van der Waals surface area contributed by atoms with E-state index in [-0.39, 0.29) is 18.9 Å². The topological polar surface area (TPSA) is 93.1 Å². The number of benzene rings is 1. The molecule has 144 valence electrons. The van der Waals surface area contributed by atoms with E-state index in [4.69, 9.17) is 9.47 Å². The second-order valence-corrected chi connectivity index (χ2v) is 7.07. The molecule has 1 N–H and O–H groups in total. The van der Waals surface area contributed by atoms with Gasteiger partial charge in [-0.05, 0) is 32.3 Å². The Hall–Kier alpha value is -2.41. The zero-order valence-corrected chi connectivity index (χ0v) is 15.9. The number of rotatable bonds is 6. The number of ether oxygens (including phenoxy) is 2. The van der Waals surface area contributed by atoms with E-state index in [1.54, 1.807) is 58.0 Å². The lowest BCUT2D eigenvalue weighted by molar-refractivity contribution is -0.153.